The van der Waals surface area contributed by atoms with Gasteiger partial charge in [-0.25, -0.2) is 0 Å². The van der Waals surface area contributed by atoms with Crippen LogP contribution in [0, 0.1) is 20.8 Å². The van der Waals surface area contributed by atoms with Gasteiger partial charge in [0.15, 0.2) is 0 Å². The quantitative estimate of drug-likeness (QED) is 0.309. The molecule has 250 valence electrons. The molecule has 3 aromatic rings. The van der Waals surface area contributed by atoms with Crippen LogP contribution in [-0.2, 0) is 26.2 Å². The first-order valence-corrected chi connectivity index (χ1v) is 17.2. The van der Waals surface area contributed by atoms with Crippen molar-refractivity contribution in [3.8, 4) is 11.1 Å². The van der Waals surface area contributed by atoms with Crippen molar-refractivity contribution in [3.63, 3.8) is 0 Å². The molecule has 2 fully saturated rings. The fourth-order valence-corrected chi connectivity index (χ4v) is 8.21. The summed E-state index contributed by atoms with van der Waals surface area (Å²) in [6.07, 6.45) is 3.10. The molecule has 0 aliphatic carbocycles. The zero-order chi connectivity index (χ0) is 33.5. The van der Waals surface area contributed by atoms with E-state index in [-0.39, 0.29) is 30.0 Å². The largest absolute Gasteiger partial charge is 0.381 e. The molecule has 0 radical (unpaired) electrons. The highest BCUT2D eigenvalue weighted by molar-refractivity contribution is 6.37. The van der Waals surface area contributed by atoms with E-state index in [9.17, 15) is 14.4 Å². The predicted molar refractivity (Wildman–Crippen MR) is 186 cm³/mol. The van der Waals surface area contributed by atoms with Gasteiger partial charge in [-0.1, -0.05) is 23.7 Å². The summed E-state index contributed by atoms with van der Waals surface area (Å²) in [6.45, 7) is 13.7. The number of ether oxygens (including phenoxy) is 2. The van der Waals surface area contributed by atoms with Gasteiger partial charge in [-0.15, -0.1) is 0 Å². The maximum Gasteiger partial charge on any atom is 0.253 e. The number of amides is 2. The van der Waals surface area contributed by atoms with Crippen LogP contribution >= 0.6 is 11.6 Å². The topological polar surface area (TPSA) is 104 Å². The van der Waals surface area contributed by atoms with Crippen molar-refractivity contribution in [2.75, 3.05) is 49.3 Å². The van der Waals surface area contributed by atoms with Crippen LogP contribution in [0.5, 0.6) is 0 Å². The Hall–Kier alpha value is -3.66. The number of benzene rings is 2. The molecule has 2 N–H and O–H groups in total. The second-order valence-corrected chi connectivity index (χ2v) is 13.4. The zero-order valence-corrected chi connectivity index (χ0v) is 28.8. The molecular formula is C37H45ClN4O5. The van der Waals surface area contributed by atoms with Crippen LogP contribution in [0.1, 0.15) is 77.8 Å². The fraction of sp³-hybridized carbons (Fsp3) is 0.486. The Kier molecular flexibility index (Phi) is 9.52. The Bertz CT molecular complexity index is 1760. The van der Waals surface area contributed by atoms with Crippen molar-refractivity contribution in [3.05, 3.63) is 79.2 Å². The first-order valence-electron chi connectivity index (χ1n) is 16.8. The number of fused-ring (bicyclic) bond motifs is 2. The molecule has 47 heavy (non-hydrogen) atoms. The van der Waals surface area contributed by atoms with Crippen LogP contribution < -0.4 is 20.7 Å². The van der Waals surface area contributed by atoms with Crippen molar-refractivity contribution in [2.24, 2.45) is 0 Å². The third-order valence-electron chi connectivity index (χ3n) is 10.4. The highest BCUT2D eigenvalue weighted by Crippen LogP contribution is 2.50. The molecule has 2 amide bonds. The monoisotopic (exact) mass is 660 g/mol. The van der Waals surface area contributed by atoms with E-state index >= 15 is 0 Å². The summed E-state index contributed by atoms with van der Waals surface area (Å²) in [5.74, 6) is -0.213. The molecule has 0 saturated carbocycles. The molecule has 1 spiro atoms. The SMILES string of the molecule is CCN1C(=O)C2(CCOCC2)c2ccc(-c3cc(N(CC)C4CCOCC4)c(C)c(C(=O)NCc4c(C)cc(C)[nH]c4=O)c3Cl)cc21. The number of hydrogen-bond acceptors (Lipinski definition) is 6. The molecule has 4 heterocycles. The number of aromatic amines is 1. The summed E-state index contributed by atoms with van der Waals surface area (Å²) >= 11 is 7.24. The molecule has 0 bridgehead atoms. The number of nitrogens with one attached hydrogen (secondary N) is 2. The summed E-state index contributed by atoms with van der Waals surface area (Å²) in [7, 11) is 0. The van der Waals surface area contributed by atoms with E-state index in [0.29, 0.717) is 62.0 Å². The molecule has 0 atom stereocenters. The smallest absolute Gasteiger partial charge is 0.253 e. The minimum absolute atomic E-state index is 0.0747. The average Bonchev–Trinajstić information content (AvgIpc) is 3.28. The first kappa shape index (κ1) is 33.2. The predicted octanol–water partition coefficient (Wildman–Crippen LogP) is 5.97. The maximum atomic E-state index is 14.1. The number of likely N-dealkylation sites (N-methyl/N-ethyl adjacent to an activating group) is 1. The molecule has 1 aromatic heterocycles. The normalized spacial score (nSPS) is 17.7. The molecule has 3 aliphatic rings. The Balaban J connectivity index is 1.46. The second-order valence-electron chi connectivity index (χ2n) is 13.0. The molecule has 6 rings (SSSR count). The van der Waals surface area contributed by atoms with Gasteiger partial charge in [0.05, 0.1) is 16.0 Å². The summed E-state index contributed by atoms with van der Waals surface area (Å²) < 4.78 is 11.3. The van der Waals surface area contributed by atoms with Crippen molar-refractivity contribution in [1.29, 1.82) is 0 Å². The second kappa shape index (κ2) is 13.5. The van der Waals surface area contributed by atoms with Crippen LogP contribution in [0.25, 0.3) is 11.1 Å². The lowest BCUT2D eigenvalue weighted by molar-refractivity contribution is -0.126. The van der Waals surface area contributed by atoms with Crippen LogP contribution in [0.15, 0.2) is 35.1 Å². The Morgan fingerprint density at radius 1 is 1.04 bits per heavy atom. The van der Waals surface area contributed by atoms with Gasteiger partial charge >= 0.3 is 0 Å². The summed E-state index contributed by atoms with van der Waals surface area (Å²) in [5, 5.41) is 3.34. The average molecular weight is 661 g/mol. The van der Waals surface area contributed by atoms with E-state index in [1.54, 1.807) is 0 Å². The number of aromatic nitrogens is 1. The number of halogens is 1. The Labute approximate surface area is 281 Å². The van der Waals surface area contributed by atoms with Gasteiger partial charge in [0.1, 0.15) is 0 Å². The lowest BCUT2D eigenvalue weighted by Gasteiger charge is -2.37. The van der Waals surface area contributed by atoms with E-state index < -0.39 is 5.41 Å². The van der Waals surface area contributed by atoms with Gasteiger partial charge in [0.2, 0.25) is 5.91 Å². The maximum absolute atomic E-state index is 14.1. The number of hydrogen-bond donors (Lipinski definition) is 2. The first-order chi connectivity index (χ1) is 22.6. The molecule has 2 saturated heterocycles. The molecule has 3 aliphatic heterocycles. The Morgan fingerprint density at radius 2 is 1.74 bits per heavy atom. The number of aryl methyl sites for hydroxylation is 2. The number of anilines is 2. The van der Waals surface area contributed by atoms with E-state index in [2.05, 4.69) is 40.3 Å². The summed E-state index contributed by atoms with van der Waals surface area (Å²) in [5.41, 5.74) is 6.93. The molecule has 9 nitrogen and oxygen atoms in total. The number of nitrogens with zero attached hydrogens (tertiary/aromatic N) is 2. The number of H-pyrrole nitrogens is 1. The summed E-state index contributed by atoms with van der Waals surface area (Å²) in [4.78, 5) is 47.7. The number of rotatable bonds is 8. The minimum atomic E-state index is -0.566. The van der Waals surface area contributed by atoms with E-state index in [4.69, 9.17) is 21.1 Å². The molecule has 10 heteroatoms. The number of carbonyl (C=O) groups excluding carboxylic acids is 2. The van der Waals surface area contributed by atoms with Crippen molar-refractivity contribution in [2.45, 2.75) is 78.3 Å². The van der Waals surface area contributed by atoms with Crippen LogP contribution in [0.3, 0.4) is 0 Å². The fourth-order valence-electron chi connectivity index (χ4n) is 7.82. The van der Waals surface area contributed by atoms with Gasteiger partial charge in [-0.2, -0.15) is 0 Å². The van der Waals surface area contributed by atoms with Gasteiger partial charge in [-0.05, 0) is 101 Å². The van der Waals surface area contributed by atoms with Crippen molar-refractivity contribution in [1.82, 2.24) is 10.3 Å². The van der Waals surface area contributed by atoms with E-state index in [0.717, 1.165) is 64.3 Å². The highest BCUT2D eigenvalue weighted by Gasteiger charge is 2.51. The number of carbonyl (C=O) groups is 2. The lowest BCUT2D eigenvalue weighted by atomic mass is 9.75. The molecule has 0 unspecified atom stereocenters. The standard InChI is InChI=1S/C37H45ClN4O5/c1-6-41(26-10-14-46-15-11-26)30-20-27(25-8-9-29-31(19-25)42(7-2)36(45)37(29)12-16-47-17-13-37)33(38)32(24(30)5)35(44)39-21-28-22(3)18-23(4)40-34(28)43/h8-9,18-20,26H,6-7,10-17,21H2,1-5H3,(H,39,44)(H,40,43). The number of pyridine rings is 1. The van der Waals surface area contributed by atoms with E-state index in [1.807, 2.05) is 44.7 Å². The molecular weight excluding hydrogens is 616 g/mol. The van der Waals surface area contributed by atoms with E-state index in [1.165, 1.54) is 0 Å². The summed E-state index contributed by atoms with van der Waals surface area (Å²) in [6, 6.07) is 10.4. The molecule has 2 aromatic carbocycles. The van der Waals surface area contributed by atoms with Gasteiger partial charge in [0, 0.05) is 80.3 Å². The van der Waals surface area contributed by atoms with Gasteiger partial charge < -0.3 is 29.6 Å². The third kappa shape index (κ3) is 5.87. The van der Waals surface area contributed by atoms with Crippen molar-refractivity contribution >= 4 is 34.8 Å². The minimum Gasteiger partial charge on any atom is -0.381 e. The highest BCUT2D eigenvalue weighted by atomic mass is 35.5. The van der Waals surface area contributed by atoms with Crippen LogP contribution in [-0.4, -0.2) is 62.4 Å². The third-order valence-corrected chi connectivity index (χ3v) is 10.7. The Morgan fingerprint density at radius 3 is 2.40 bits per heavy atom. The zero-order valence-electron chi connectivity index (χ0n) is 28.1. The van der Waals surface area contributed by atoms with Crippen LogP contribution in [0.4, 0.5) is 11.4 Å². The van der Waals surface area contributed by atoms with Crippen LogP contribution in [0.2, 0.25) is 5.02 Å². The van der Waals surface area contributed by atoms with Gasteiger partial charge in [0.25, 0.3) is 11.5 Å². The van der Waals surface area contributed by atoms with Gasteiger partial charge in [-0.3, -0.25) is 14.4 Å². The lowest BCUT2D eigenvalue weighted by Crippen LogP contribution is -2.44. The van der Waals surface area contributed by atoms with Crippen molar-refractivity contribution < 1.29 is 19.1 Å².